The van der Waals surface area contributed by atoms with Crippen LogP contribution in [0.5, 0.6) is 0 Å². The van der Waals surface area contributed by atoms with Gasteiger partial charge < -0.3 is 11.5 Å². The van der Waals surface area contributed by atoms with Crippen molar-refractivity contribution in [3.05, 3.63) is 88.8 Å². The van der Waals surface area contributed by atoms with Crippen LogP contribution in [0.4, 0.5) is 8.78 Å². The van der Waals surface area contributed by atoms with Crippen molar-refractivity contribution in [2.24, 2.45) is 17.4 Å². The van der Waals surface area contributed by atoms with Gasteiger partial charge in [0.05, 0.1) is 11.7 Å². The summed E-state index contributed by atoms with van der Waals surface area (Å²) in [5.74, 6) is -1.98. The number of pyridine rings is 1. The van der Waals surface area contributed by atoms with E-state index in [0.717, 1.165) is 11.6 Å². The number of nitrogens with zero attached hydrogens (tertiary/aromatic N) is 1. The predicted octanol–water partition coefficient (Wildman–Crippen LogP) is 3.30. The van der Waals surface area contributed by atoms with Gasteiger partial charge in [-0.15, -0.1) is 0 Å². The third kappa shape index (κ3) is 4.11. The first-order valence-electron chi connectivity index (χ1n) is 8.70. The highest BCUT2D eigenvalue weighted by Gasteiger charge is 2.28. The van der Waals surface area contributed by atoms with Crippen molar-refractivity contribution in [1.29, 1.82) is 0 Å². The van der Waals surface area contributed by atoms with Crippen molar-refractivity contribution < 1.29 is 13.6 Å². The van der Waals surface area contributed by atoms with E-state index in [0.29, 0.717) is 16.8 Å². The summed E-state index contributed by atoms with van der Waals surface area (Å²) in [6.07, 6.45) is 7.37. The first-order chi connectivity index (χ1) is 12.9. The monoisotopic (exact) mass is 369 g/mol. The molecule has 1 aliphatic carbocycles. The Labute approximate surface area is 156 Å². The quantitative estimate of drug-likeness (QED) is 0.848. The number of nitrogens with two attached hydrogens (primary N) is 2. The molecule has 0 fully saturated rings. The average Bonchev–Trinajstić information content (AvgIpc) is 2.60. The fourth-order valence-corrected chi connectivity index (χ4v) is 3.57. The zero-order valence-electron chi connectivity index (χ0n) is 14.9. The molecule has 0 aliphatic heterocycles. The molecule has 27 heavy (non-hydrogen) atoms. The molecule has 1 amide bonds. The fraction of sp³-hybridized carbons (Fsp3) is 0.238. The molecule has 4 nitrogen and oxygen atoms in total. The van der Waals surface area contributed by atoms with E-state index < -0.39 is 23.6 Å². The second kappa shape index (κ2) is 7.80. The van der Waals surface area contributed by atoms with E-state index in [9.17, 15) is 13.6 Å². The van der Waals surface area contributed by atoms with E-state index in [1.54, 1.807) is 24.4 Å². The summed E-state index contributed by atoms with van der Waals surface area (Å²) in [4.78, 5) is 16.1. The van der Waals surface area contributed by atoms with Gasteiger partial charge in [-0.05, 0) is 41.7 Å². The Hall–Kier alpha value is -2.86. The van der Waals surface area contributed by atoms with E-state index in [1.807, 2.05) is 19.1 Å². The highest BCUT2D eigenvalue weighted by molar-refractivity contribution is 5.93. The number of carbonyl (C=O) groups is 1. The molecule has 1 aromatic carbocycles. The number of benzene rings is 1. The van der Waals surface area contributed by atoms with Crippen LogP contribution < -0.4 is 11.5 Å². The van der Waals surface area contributed by atoms with Crippen LogP contribution in [0.1, 0.15) is 35.7 Å². The molecule has 0 saturated heterocycles. The molecule has 140 valence electrons. The third-order valence-electron chi connectivity index (χ3n) is 4.87. The normalized spacial score (nSPS) is 20.2. The fourth-order valence-electron chi connectivity index (χ4n) is 3.57. The topological polar surface area (TPSA) is 82.0 Å². The molecule has 4 N–H and O–H groups in total. The SMILES string of the molecule is CC1C(C(N)=O)=CC=CC1c1cccnc1[C@@H](N)Cc1cc(F)cc(F)c1. The third-order valence-corrected chi connectivity index (χ3v) is 4.87. The van der Waals surface area contributed by atoms with Crippen LogP contribution >= 0.6 is 0 Å². The van der Waals surface area contributed by atoms with Crippen LogP contribution in [-0.2, 0) is 11.2 Å². The number of carbonyl (C=O) groups excluding carboxylic acids is 1. The van der Waals surface area contributed by atoms with Crippen LogP contribution in [-0.4, -0.2) is 10.9 Å². The van der Waals surface area contributed by atoms with Crippen LogP contribution in [0.3, 0.4) is 0 Å². The molecule has 3 atom stereocenters. The molecule has 3 rings (SSSR count). The highest BCUT2D eigenvalue weighted by Crippen LogP contribution is 2.36. The summed E-state index contributed by atoms with van der Waals surface area (Å²) < 4.78 is 26.9. The maximum atomic E-state index is 13.5. The lowest BCUT2D eigenvalue weighted by atomic mass is 9.77. The maximum absolute atomic E-state index is 13.5. The molecular formula is C21H21F2N3O. The maximum Gasteiger partial charge on any atom is 0.244 e. The Morgan fingerprint density at radius 1 is 1.26 bits per heavy atom. The lowest BCUT2D eigenvalue weighted by molar-refractivity contribution is -0.115. The minimum atomic E-state index is -0.640. The lowest BCUT2D eigenvalue weighted by Gasteiger charge is -2.28. The molecule has 1 aliphatic rings. The van der Waals surface area contributed by atoms with E-state index in [2.05, 4.69) is 4.98 Å². The second-order valence-electron chi connectivity index (χ2n) is 6.75. The van der Waals surface area contributed by atoms with Crippen LogP contribution in [0.25, 0.3) is 0 Å². The average molecular weight is 369 g/mol. The molecular weight excluding hydrogens is 348 g/mol. The van der Waals surface area contributed by atoms with Gasteiger partial charge in [0.15, 0.2) is 0 Å². The minimum absolute atomic E-state index is 0.114. The minimum Gasteiger partial charge on any atom is -0.366 e. The van der Waals surface area contributed by atoms with Gasteiger partial charge in [-0.2, -0.15) is 0 Å². The highest BCUT2D eigenvalue weighted by atomic mass is 19.1. The molecule has 2 unspecified atom stereocenters. The summed E-state index contributed by atoms with van der Waals surface area (Å²) >= 11 is 0. The van der Waals surface area contributed by atoms with Crippen molar-refractivity contribution in [3.63, 3.8) is 0 Å². The van der Waals surface area contributed by atoms with Gasteiger partial charge in [-0.25, -0.2) is 8.78 Å². The summed E-state index contributed by atoms with van der Waals surface area (Å²) in [5.41, 5.74) is 14.3. The zero-order valence-corrected chi connectivity index (χ0v) is 14.9. The van der Waals surface area contributed by atoms with Gasteiger partial charge in [0.2, 0.25) is 5.91 Å². The number of hydrogen-bond donors (Lipinski definition) is 2. The molecule has 0 saturated carbocycles. The smallest absolute Gasteiger partial charge is 0.244 e. The first-order valence-corrected chi connectivity index (χ1v) is 8.70. The zero-order chi connectivity index (χ0) is 19.6. The Balaban J connectivity index is 1.91. The number of rotatable bonds is 5. The molecule has 6 heteroatoms. The summed E-state index contributed by atoms with van der Waals surface area (Å²) in [5, 5.41) is 0. The van der Waals surface area contributed by atoms with Gasteiger partial charge in [0.1, 0.15) is 11.6 Å². The molecule has 2 aromatic rings. The van der Waals surface area contributed by atoms with Crippen molar-refractivity contribution >= 4 is 5.91 Å². The summed E-state index contributed by atoms with van der Waals surface area (Å²) in [6.45, 7) is 1.93. The molecule has 1 aromatic heterocycles. The van der Waals surface area contributed by atoms with Crippen molar-refractivity contribution in [2.75, 3.05) is 0 Å². The van der Waals surface area contributed by atoms with Crippen LogP contribution in [0.15, 0.2) is 60.3 Å². The predicted molar refractivity (Wildman–Crippen MR) is 99.5 cm³/mol. The molecule has 0 spiro atoms. The molecule has 0 bridgehead atoms. The second-order valence-corrected chi connectivity index (χ2v) is 6.75. The van der Waals surface area contributed by atoms with Crippen molar-refractivity contribution in [3.8, 4) is 0 Å². The summed E-state index contributed by atoms with van der Waals surface area (Å²) in [7, 11) is 0. The first kappa shape index (κ1) is 18.9. The Bertz CT molecular complexity index is 903. The van der Waals surface area contributed by atoms with E-state index in [4.69, 9.17) is 11.5 Å². The van der Waals surface area contributed by atoms with Crippen molar-refractivity contribution in [1.82, 2.24) is 4.98 Å². The van der Waals surface area contributed by atoms with Crippen LogP contribution in [0, 0.1) is 17.6 Å². The van der Waals surface area contributed by atoms with Gasteiger partial charge in [-0.1, -0.05) is 31.2 Å². The van der Waals surface area contributed by atoms with Gasteiger partial charge in [0, 0.05) is 23.8 Å². The Morgan fingerprint density at radius 2 is 1.96 bits per heavy atom. The van der Waals surface area contributed by atoms with Gasteiger partial charge in [-0.3, -0.25) is 9.78 Å². The van der Waals surface area contributed by atoms with E-state index in [1.165, 1.54) is 12.1 Å². The number of primary amides is 1. The number of allylic oxidation sites excluding steroid dienone is 3. The van der Waals surface area contributed by atoms with Gasteiger partial charge >= 0.3 is 0 Å². The number of halogens is 2. The Kier molecular flexibility index (Phi) is 5.46. The summed E-state index contributed by atoms with van der Waals surface area (Å²) in [6, 6.07) is 6.52. The van der Waals surface area contributed by atoms with E-state index >= 15 is 0 Å². The number of amides is 1. The number of aromatic nitrogens is 1. The van der Waals surface area contributed by atoms with Gasteiger partial charge in [0.25, 0.3) is 0 Å². The van der Waals surface area contributed by atoms with Crippen molar-refractivity contribution in [2.45, 2.75) is 25.3 Å². The largest absolute Gasteiger partial charge is 0.366 e. The van der Waals surface area contributed by atoms with E-state index in [-0.39, 0.29) is 18.3 Å². The molecule has 1 heterocycles. The standard InChI is InChI=1S/C21H21F2N3O/c1-12-16(4-2-5-17(12)21(25)27)18-6-3-7-26-20(18)19(24)10-13-8-14(22)11-15(23)9-13/h2-9,11-12,16,19H,10,24H2,1H3,(H2,25,27)/t12?,16?,19-/m0/s1. The van der Waals surface area contributed by atoms with Crippen LogP contribution in [0.2, 0.25) is 0 Å². The number of hydrogen-bond acceptors (Lipinski definition) is 3. The Morgan fingerprint density at radius 3 is 2.63 bits per heavy atom. The lowest BCUT2D eigenvalue weighted by Crippen LogP contribution is -2.26. The molecule has 0 radical (unpaired) electrons.